The van der Waals surface area contributed by atoms with Crippen molar-refractivity contribution in [3.63, 3.8) is 0 Å². The Hall–Kier alpha value is -1.80. The van der Waals surface area contributed by atoms with E-state index in [1.54, 1.807) is 0 Å². The predicted octanol–water partition coefficient (Wildman–Crippen LogP) is 1.81. The smallest absolute Gasteiger partial charge is 0.378 e. The number of para-hydroxylation sites is 1. The van der Waals surface area contributed by atoms with Crippen LogP contribution in [0.1, 0.15) is 5.56 Å². The van der Waals surface area contributed by atoms with Crippen LogP contribution in [0.5, 0.6) is 0 Å². The number of carbonyl (C=O) groups is 1. The van der Waals surface area contributed by atoms with Gasteiger partial charge in [0.1, 0.15) is 0 Å². The highest BCUT2D eigenvalue weighted by atomic mass is 19.4. The number of alkyl halides is 3. The Morgan fingerprint density at radius 1 is 1.33 bits per heavy atom. The average Bonchev–Trinajstić information content (AvgIpc) is 2.85. The second-order valence-electron chi connectivity index (χ2n) is 4.68. The number of anilines is 1. The van der Waals surface area contributed by atoms with Crippen molar-refractivity contribution in [3.05, 3.63) is 29.8 Å². The first-order chi connectivity index (χ1) is 9.91. The second kappa shape index (κ2) is 6.31. The third kappa shape index (κ3) is 3.85. The summed E-state index contributed by atoms with van der Waals surface area (Å²) < 4.78 is 43.6. The topological polar surface area (TPSA) is 62.4 Å². The molecule has 1 fully saturated rings. The lowest BCUT2D eigenvalue weighted by atomic mass is 10.1. The van der Waals surface area contributed by atoms with Gasteiger partial charge in [-0.1, -0.05) is 12.1 Å². The Morgan fingerprint density at radius 3 is 2.71 bits per heavy atom. The molecule has 116 valence electrons. The van der Waals surface area contributed by atoms with Gasteiger partial charge in [0.15, 0.2) is 0 Å². The Labute approximate surface area is 119 Å². The van der Waals surface area contributed by atoms with Crippen molar-refractivity contribution in [2.24, 2.45) is 0 Å². The van der Waals surface area contributed by atoms with Crippen LogP contribution in [0, 0.1) is 0 Å². The number of hydrogen-bond donors (Lipinski definition) is 3. The quantitative estimate of drug-likeness (QED) is 0.798. The van der Waals surface area contributed by atoms with Crippen LogP contribution in [-0.4, -0.2) is 38.4 Å². The van der Waals surface area contributed by atoms with Gasteiger partial charge in [-0.2, -0.15) is 13.2 Å². The van der Waals surface area contributed by atoms with E-state index >= 15 is 0 Å². The highest BCUT2D eigenvalue weighted by molar-refractivity contribution is 5.90. The van der Waals surface area contributed by atoms with Gasteiger partial charge in [-0.3, -0.25) is 0 Å². The van der Waals surface area contributed by atoms with Gasteiger partial charge in [0.05, 0.1) is 23.4 Å². The van der Waals surface area contributed by atoms with Crippen LogP contribution >= 0.6 is 0 Å². The number of carbonyl (C=O) groups excluding carboxylic acids is 1. The minimum absolute atomic E-state index is 0.200. The fourth-order valence-corrected chi connectivity index (χ4v) is 2.21. The van der Waals surface area contributed by atoms with E-state index in [1.807, 2.05) is 0 Å². The molecule has 0 aromatic heterocycles. The molecular formula is C13H16F3N3O2. The van der Waals surface area contributed by atoms with Crippen molar-refractivity contribution in [1.82, 2.24) is 10.6 Å². The fraction of sp³-hybridized carbons (Fsp3) is 0.462. The monoisotopic (exact) mass is 303 g/mol. The summed E-state index contributed by atoms with van der Waals surface area (Å²) in [5.41, 5.74) is -1.16. The lowest BCUT2D eigenvalue weighted by molar-refractivity contribution is -0.136. The SMILES string of the molecule is CO[C@H]1CNCC1NC(=O)Nc1ccccc1C(F)(F)F. The van der Waals surface area contributed by atoms with Gasteiger partial charge in [0.25, 0.3) is 0 Å². The molecule has 1 unspecified atom stereocenters. The van der Waals surface area contributed by atoms with Crippen LogP contribution in [0.15, 0.2) is 24.3 Å². The average molecular weight is 303 g/mol. The third-order valence-electron chi connectivity index (χ3n) is 3.26. The summed E-state index contributed by atoms with van der Waals surface area (Å²) in [4.78, 5) is 11.8. The molecule has 3 N–H and O–H groups in total. The molecule has 21 heavy (non-hydrogen) atoms. The van der Waals surface area contributed by atoms with Gasteiger partial charge < -0.3 is 20.7 Å². The van der Waals surface area contributed by atoms with E-state index in [2.05, 4.69) is 16.0 Å². The second-order valence-corrected chi connectivity index (χ2v) is 4.68. The van der Waals surface area contributed by atoms with E-state index in [9.17, 15) is 18.0 Å². The Morgan fingerprint density at radius 2 is 2.05 bits per heavy atom. The number of rotatable bonds is 3. The van der Waals surface area contributed by atoms with E-state index < -0.39 is 17.8 Å². The van der Waals surface area contributed by atoms with Gasteiger partial charge in [-0.25, -0.2) is 4.79 Å². The van der Waals surface area contributed by atoms with Crippen molar-refractivity contribution >= 4 is 11.7 Å². The molecule has 8 heteroatoms. The number of amides is 2. The first-order valence-electron chi connectivity index (χ1n) is 6.39. The first-order valence-corrected chi connectivity index (χ1v) is 6.39. The molecule has 1 heterocycles. The summed E-state index contributed by atoms with van der Waals surface area (Å²) in [5, 5.41) is 7.87. The normalized spacial score (nSPS) is 22.1. The first kappa shape index (κ1) is 15.6. The lowest BCUT2D eigenvalue weighted by Crippen LogP contribution is -2.45. The molecule has 1 aromatic carbocycles. The van der Waals surface area contributed by atoms with Gasteiger partial charge in [-0.15, -0.1) is 0 Å². The van der Waals surface area contributed by atoms with Gasteiger partial charge >= 0.3 is 12.2 Å². The number of benzene rings is 1. The zero-order valence-corrected chi connectivity index (χ0v) is 11.3. The third-order valence-corrected chi connectivity index (χ3v) is 3.26. The molecule has 0 spiro atoms. The molecule has 0 aliphatic carbocycles. The highest BCUT2D eigenvalue weighted by Crippen LogP contribution is 2.34. The minimum Gasteiger partial charge on any atom is -0.378 e. The molecule has 1 aromatic rings. The Balaban J connectivity index is 2.03. The van der Waals surface area contributed by atoms with Crippen LogP contribution in [0.3, 0.4) is 0 Å². The van der Waals surface area contributed by atoms with Crippen molar-refractivity contribution in [2.75, 3.05) is 25.5 Å². The van der Waals surface area contributed by atoms with Crippen LogP contribution in [-0.2, 0) is 10.9 Å². The molecule has 5 nitrogen and oxygen atoms in total. The molecule has 1 aliphatic heterocycles. The van der Waals surface area contributed by atoms with Crippen LogP contribution in [0.2, 0.25) is 0 Å². The molecule has 0 bridgehead atoms. The molecular weight excluding hydrogens is 287 g/mol. The zero-order chi connectivity index (χ0) is 15.5. The Bertz CT molecular complexity index is 508. The zero-order valence-electron chi connectivity index (χ0n) is 11.3. The van der Waals surface area contributed by atoms with E-state index in [0.29, 0.717) is 13.1 Å². The van der Waals surface area contributed by atoms with E-state index in [-0.39, 0.29) is 17.8 Å². The summed E-state index contributed by atoms with van der Waals surface area (Å²) in [5.74, 6) is 0. The van der Waals surface area contributed by atoms with Crippen molar-refractivity contribution in [2.45, 2.75) is 18.3 Å². The number of nitrogens with one attached hydrogen (secondary N) is 3. The van der Waals surface area contributed by atoms with Crippen molar-refractivity contribution in [3.8, 4) is 0 Å². The van der Waals surface area contributed by atoms with Crippen molar-refractivity contribution in [1.29, 1.82) is 0 Å². The van der Waals surface area contributed by atoms with Crippen LogP contribution < -0.4 is 16.0 Å². The molecule has 0 radical (unpaired) electrons. The predicted molar refractivity (Wildman–Crippen MR) is 71.1 cm³/mol. The summed E-state index contributed by atoms with van der Waals surface area (Å²) in [7, 11) is 1.52. The maximum absolute atomic E-state index is 12.8. The van der Waals surface area contributed by atoms with E-state index in [4.69, 9.17) is 4.74 Å². The molecule has 2 amide bonds. The van der Waals surface area contributed by atoms with Crippen LogP contribution in [0.4, 0.5) is 23.7 Å². The molecule has 0 saturated carbocycles. The number of ether oxygens (including phenoxy) is 1. The number of hydrogen-bond acceptors (Lipinski definition) is 3. The maximum Gasteiger partial charge on any atom is 0.418 e. The number of methoxy groups -OCH3 is 1. The number of halogens is 3. The molecule has 1 saturated heterocycles. The standard InChI is InChI=1S/C13H16F3N3O2/c1-21-11-7-17-6-10(11)19-12(20)18-9-5-3-2-4-8(9)13(14,15)16/h2-5,10-11,17H,6-7H2,1H3,(H2,18,19,20)/t10?,11-/m0/s1. The van der Waals surface area contributed by atoms with Crippen molar-refractivity contribution < 1.29 is 22.7 Å². The number of urea groups is 1. The Kier molecular flexibility index (Phi) is 4.69. The maximum atomic E-state index is 12.8. The summed E-state index contributed by atoms with van der Waals surface area (Å²) in [6.45, 7) is 1.09. The van der Waals surface area contributed by atoms with Gasteiger partial charge in [0.2, 0.25) is 0 Å². The van der Waals surface area contributed by atoms with Crippen LogP contribution in [0.25, 0.3) is 0 Å². The molecule has 2 rings (SSSR count). The molecule has 2 atom stereocenters. The summed E-state index contributed by atoms with van der Waals surface area (Å²) in [6.07, 6.45) is -4.72. The minimum atomic E-state index is -4.52. The van der Waals surface area contributed by atoms with Gasteiger partial charge in [-0.05, 0) is 12.1 Å². The highest BCUT2D eigenvalue weighted by Gasteiger charge is 2.34. The fourth-order valence-electron chi connectivity index (χ4n) is 2.21. The summed E-state index contributed by atoms with van der Waals surface area (Å²) in [6, 6.07) is 3.86. The van der Waals surface area contributed by atoms with E-state index in [0.717, 1.165) is 6.07 Å². The summed E-state index contributed by atoms with van der Waals surface area (Å²) >= 11 is 0. The largest absolute Gasteiger partial charge is 0.418 e. The lowest BCUT2D eigenvalue weighted by Gasteiger charge is -2.20. The van der Waals surface area contributed by atoms with Gasteiger partial charge in [0, 0.05) is 20.2 Å². The molecule has 1 aliphatic rings. The van der Waals surface area contributed by atoms with E-state index in [1.165, 1.54) is 25.3 Å².